The SMILES string of the molecule is Cc1ccccc1-c1c2cc(N3c4ccccc4Oc4ccccc43)ccc2c(-c2cccc3ccccc23)c2cc(N3c4ccccc4Oc4ccccc43)ccc12. The predicted molar refractivity (Wildman–Crippen MR) is 244 cm³/mol. The Balaban J connectivity index is 1.21. The minimum absolute atomic E-state index is 0.832. The van der Waals surface area contributed by atoms with Gasteiger partial charge in [-0.3, -0.25) is 0 Å². The van der Waals surface area contributed by atoms with Gasteiger partial charge in [-0.2, -0.15) is 0 Å². The van der Waals surface area contributed by atoms with Gasteiger partial charge in [0.25, 0.3) is 0 Å². The fourth-order valence-electron chi connectivity index (χ4n) is 9.33. The number of anilines is 6. The number of rotatable bonds is 4. The third-order valence-corrected chi connectivity index (χ3v) is 11.9. The second kappa shape index (κ2) is 13.1. The Kier molecular flexibility index (Phi) is 7.41. The van der Waals surface area contributed by atoms with Crippen LogP contribution in [0.25, 0.3) is 54.6 Å². The van der Waals surface area contributed by atoms with Crippen LogP contribution < -0.4 is 19.3 Å². The Morgan fingerprint density at radius 1 is 0.322 bits per heavy atom. The van der Waals surface area contributed by atoms with Crippen LogP contribution >= 0.6 is 0 Å². The fraction of sp³-hybridized carbons (Fsp3) is 0.0182. The van der Waals surface area contributed by atoms with Gasteiger partial charge >= 0.3 is 0 Å². The molecule has 2 aliphatic rings. The monoisotopic (exact) mass is 756 g/mol. The first kappa shape index (κ1) is 33.3. The third kappa shape index (κ3) is 5.16. The molecule has 4 heteroatoms. The Morgan fingerprint density at radius 2 is 0.729 bits per heavy atom. The standard InChI is InChI=1S/C55H36N2O2/c1-35-15-2-4-18-39(35)54-42-31-29-38(57-48-23-8-12-27-52(48)59-53-28-13-9-24-49(53)57)34-45(42)55(41-20-14-17-36-16-3-5-19-40(36)41)43-32-30-37(33-44(43)54)56-46-21-6-10-25-50(46)58-51-26-11-7-22-47(51)56/h2-34H,1H3. The van der Waals surface area contributed by atoms with E-state index in [1.54, 1.807) is 0 Å². The van der Waals surface area contributed by atoms with Crippen molar-refractivity contribution in [3.8, 4) is 45.3 Å². The van der Waals surface area contributed by atoms with E-state index >= 15 is 0 Å². The molecule has 0 amide bonds. The van der Waals surface area contributed by atoms with E-state index in [4.69, 9.17) is 9.47 Å². The lowest BCUT2D eigenvalue weighted by atomic mass is 9.83. The van der Waals surface area contributed by atoms with Gasteiger partial charge in [-0.05, 0) is 140 Å². The number of hydrogen-bond donors (Lipinski definition) is 0. The van der Waals surface area contributed by atoms with Gasteiger partial charge in [-0.15, -0.1) is 0 Å². The summed E-state index contributed by atoms with van der Waals surface area (Å²) < 4.78 is 12.9. The molecule has 0 radical (unpaired) electrons. The van der Waals surface area contributed by atoms with Crippen LogP contribution in [0.4, 0.5) is 34.1 Å². The van der Waals surface area contributed by atoms with Crippen LogP contribution in [0.1, 0.15) is 5.56 Å². The number of nitrogens with zero attached hydrogens (tertiary/aromatic N) is 2. The summed E-state index contributed by atoms with van der Waals surface area (Å²) >= 11 is 0. The molecule has 2 aliphatic heterocycles. The molecule has 12 rings (SSSR count). The third-order valence-electron chi connectivity index (χ3n) is 11.9. The smallest absolute Gasteiger partial charge is 0.151 e. The highest BCUT2D eigenvalue weighted by molar-refractivity contribution is 6.25. The largest absolute Gasteiger partial charge is 0.453 e. The van der Waals surface area contributed by atoms with Crippen LogP contribution in [0.15, 0.2) is 200 Å². The van der Waals surface area contributed by atoms with Crippen molar-refractivity contribution in [1.82, 2.24) is 0 Å². The van der Waals surface area contributed by atoms with Gasteiger partial charge in [0.2, 0.25) is 0 Å². The van der Waals surface area contributed by atoms with Crippen molar-refractivity contribution < 1.29 is 9.47 Å². The summed E-state index contributed by atoms with van der Waals surface area (Å²) in [4.78, 5) is 4.68. The number of para-hydroxylation sites is 8. The van der Waals surface area contributed by atoms with Crippen LogP contribution in [0.5, 0.6) is 23.0 Å². The van der Waals surface area contributed by atoms with Crippen molar-refractivity contribution in [2.75, 3.05) is 9.80 Å². The maximum atomic E-state index is 6.46. The van der Waals surface area contributed by atoms with Crippen LogP contribution in [0, 0.1) is 6.92 Å². The van der Waals surface area contributed by atoms with E-state index in [-0.39, 0.29) is 0 Å². The minimum atomic E-state index is 0.832. The number of aryl methyl sites for hydroxylation is 1. The molecule has 278 valence electrons. The van der Waals surface area contributed by atoms with Crippen LogP contribution in [-0.2, 0) is 0 Å². The number of benzene rings is 10. The van der Waals surface area contributed by atoms with E-state index in [0.29, 0.717) is 0 Å². The van der Waals surface area contributed by atoms with Crippen molar-refractivity contribution in [1.29, 1.82) is 0 Å². The van der Waals surface area contributed by atoms with Crippen molar-refractivity contribution in [3.63, 3.8) is 0 Å². The van der Waals surface area contributed by atoms with Crippen molar-refractivity contribution in [2.24, 2.45) is 0 Å². The molecule has 0 bridgehead atoms. The molecule has 0 unspecified atom stereocenters. The summed E-state index contributed by atoms with van der Waals surface area (Å²) in [5.41, 5.74) is 12.2. The van der Waals surface area contributed by atoms with Gasteiger partial charge in [0.05, 0.1) is 22.7 Å². The molecule has 10 aromatic rings. The Labute approximate surface area is 342 Å². The maximum absolute atomic E-state index is 6.46. The van der Waals surface area contributed by atoms with E-state index < -0.39 is 0 Å². The Hall–Kier alpha value is -7.82. The molecule has 59 heavy (non-hydrogen) atoms. The Morgan fingerprint density at radius 3 is 1.25 bits per heavy atom. The van der Waals surface area contributed by atoms with Gasteiger partial charge in [-0.1, -0.05) is 127 Å². The zero-order chi connectivity index (χ0) is 39.0. The van der Waals surface area contributed by atoms with Crippen molar-refractivity contribution in [3.05, 3.63) is 206 Å². The second-order valence-corrected chi connectivity index (χ2v) is 15.3. The number of hydrogen-bond acceptors (Lipinski definition) is 4. The molecule has 0 atom stereocenters. The first-order valence-corrected chi connectivity index (χ1v) is 20.1. The highest BCUT2D eigenvalue weighted by Gasteiger charge is 2.29. The molecule has 0 aromatic heterocycles. The molecule has 4 nitrogen and oxygen atoms in total. The summed E-state index contributed by atoms with van der Waals surface area (Å²) in [6.45, 7) is 2.22. The van der Waals surface area contributed by atoms with E-state index in [1.807, 2.05) is 48.5 Å². The quantitative estimate of drug-likeness (QED) is 0.167. The van der Waals surface area contributed by atoms with E-state index in [9.17, 15) is 0 Å². The van der Waals surface area contributed by atoms with E-state index in [2.05, 4.69) is 168 Å². The van der Waals surface area contributed by atoms with Crippen molar-refractivity contribution in [2.45, 2.75) is 6.92 Å². The average molecular weight is 757 g/mol. The lowest BCUT2D eigenvalue weighted by Gasteiger charge is -2.33. The van der Waals surface area contributed by atoms with E-state index in [1.165, 1.54) is 60.1 Å². The summed E-state index contributed by atoms with van der Waals surface area (Å²) in [6.07, 6.45) is 0. The molecule has 0 fully saturated rings. The van der Waals surface area contributed by atoms with Crippen molar-refractivity contribution >= 4 is 66.4 Å². The maximum Gasteiger partial charge on any atom is 0.151 e. The van der Waals surface area contributed by atoms with Gasteiger partial charge < -0.3 is 19.3 Å². The molecule has 0 spiro atoms. The minimum Gasteiger partial charge on any atom is -0.453 e. The first-order chi connectivity index (χ1) is 29.2. The van der Waals surface area contributed by atoms with Gasteiger partial charge in [0.1, 0.15) is 0 Å². The second-order valence-electron chi connectivity index (χ2n) is 15.3. The average Bonchev–Trinajstić information content (AvgIpc) is 3.29. The normalized spacial score (nSPS) is 12.7. The molecular formula is C55H36N2O2. The molecular weight excluding hydrogens is 721 g/mol. The summed E-state index contributed by atoms with van der Waals surface area (Å²) in [7, 11) is 0. The van der Waals surface area contributed by atoms with Crippen LogP contribution in [-0.4, -0.2) is 0 Å². The van der Waals surface area contributed by atoms with E-state index in [0.717, 1.165) is 57.1 Å². The lowest BCUT2D eigenvalue weighted by molar-refractivity contribution is 0.477. The molecule has 0 aliphatic carbocycles. The molecule has 0 N–H and O–H groups in total. The molecule has 10 aromatic carbocycles. The molecule has 0 saturated carbocycles. The molecule has 2 heterocycles. The van der Waals surface area contributed by atoms with Gasteiger partial charge in [0.15, 0.2) is 23.0 Å². The Bertz CT molecular complexity index is 3240. The van der Waals surface area contributed by atoms with Gasteiger partial charge in [-0.25, -0.2) is 0 Å². The highest BCUT2D eigenvalue weighted by atomic mass is 16.5. The lowest BCUT2D eigenvalue weighted by Crippen LogP contribution is -2.16. The van der Waals surface area contributed by atoms with Crippen LogP contribution in [0.3, 0.4) is 0 Å². The van der Waals surface area contributed by atoms with Gasteiger partial charge in [0, 0.05) is 11.4 Å². The summed E-state index contributed by atoms with van der Waals surface area (Å²) in [6, 6.07) is 71.5. The first-order valence-electron chi connectivity index (χ1n) is 20.1. The number of ether oxygens (including phenoxy) is 2. The van der Waals surface area contributed by atoms with Crippen LogP contribution in [0.2, 0.25) is 0 Å². The number of fused-ring (bicyclic) bond motifs is 7. The predicted octanol–water partition coefficient (Wildman–Crippen LogP) is 15.9. The zero-order valence-corrected chi connectivity index (χ0v) is 32.3. The highest BCUT2D eigenvalue weighted by Crippen LogP contribution is 2.55. The molecule has 0 saturated heterocycles. The zero-order valence-electron chi connectivity index (χ0n) is 32.3. The summed E-state index contributed by atoms with van der Waals surface area (Å²) in [5, 5.41) is 7.16. The summed E-state index contributed by atoms with van der Waals surface area (Å²) in [5.74, 6) is 3.33. The fourth-order valence-corrected chi connectivity index (χ4v) is 9.33. The topological polar surface area (TPSA) is 24.9 Å².